The number of pyridine rings is 1. The molecule has 0 radical (unpaired) electrons. The van der Waals surface area contributed by atoms with E-state index in [1.54, 1.807) is 0 Å². The van der Waals surface area contributed by atoms with Gasteiger partial charge >= 0.3 is 0 Å². The third-order valence-corrected chi connectivity index (χ3v) is 3.59. The van der Waals surface area contributed by atoms with Crippen molar-refractivity contribution in [1.29, 1.82) is 0 Å². The summed E-state index contributed by atoms with van der Waals surface area (Å²) in [6, 6.07) is 4.09. The molecule has 1 atom stereocenters. The maximum absolute atomic E-state index is 4.39. The lowest BCUT2D eigenvalue weighted by Crippen LogP contribution is -2.46. The van der Waals surface area contributed by atoms with E-state index in [1.807, 2.05) is 25.5 Å². The summed E-state index contributed by atoms with van der Waals surface area (Å²) < 4.78 is 0. The van der Waals surface area contributed by atoms with Crippen LogP contribution < -0.4 is 5.32 Å². The molecule has 0 aliphatic carbocycles. The topological polar surface area (TPSA) is 40.5 Å². The van der Waals surface area contributed by atoms with Gasteiger partial charge in [0.05, 0.1) is 0 Å². The van der Waals surface area contributed by atoms with Gasteiger partial charge in [0.1, 0.15) is 0 Å². The van der Waals surface area contributed by atoms with E-state index in [0.717, 1.165) is 37.9 Å². The highest BCUT2D eigenvalue weighted by Gasteiger charge is 2.18. The summed E-state index contributed by atoms with van der Waals surface area (Å²) in [5, 5.41) is 3.46. The molecule has 2 rings (SSSR count). The Balaban J connectivity index is 0.00000200. The smallest absolute Gasteiger partial charge is 0.193 e. The number of piperidine rings is 1. The fourth-order valence-corrected chi connectivity index (χ4v) is 2.58. The van der Waals surface area contributed by atoms with Crippen molar-refractivity contribution in [2.24, 2.45) is 10.9 Å². The molecule has 1 aliphatic rings. The van der Waals surface area contributed by atoms with Crippen molar-refractivity contribution in [3.63, 3.8) is 0 Å². The second kappa shape index (κ2) is 9.15. The highest BCUT2D eigenvalue weighted by atomic mass is 127. The van der Waals surface area contributed by atoms with Crippen LogP contribution in [0, 0.1) is 5.92 Å². The van der Waals surface area contributed by atoms with Crippen molar-refractivity contribution in [2.75, 3.05) is 26.7 Å². The summed E-state index contributed by atoms with van der Waals surface area (Å²) in [7, 11) is 1.87. The first kappa shape index (κ1) is 17.2. The normalized spacial score (nSPS) is 19.4. The Morgan fingerprint density at radius 3 is 3.05 bits per heavy atom. The molecule has 0 bridgehead atoms. The summed E-state index contributed by atoms with van der Waals surface area (Å²) in [5.74, 6) is 1.81. The van der Waals surface area contributed by atoms with Gasteiger partial charge in [-0.2, -0.15) is 0 Å². The Kier molecular flexibility index (Phi) is 7.87. The molecule has 20 heavy (non-hydrogen) atoms. The van der Waals surface area contributed by atoms with Crippen LogP contribution in [0.15, 0.2) is 29.5 Å². The van der Waals surface area contributed by atoms with Gasteiger partial charge in [-0.3, -0.25) is 9.98 Å². The average Bonchev–Trinajstić information content (AvgIpc) is 2.45. The van der Waals surface area contributed by atoms with Crippen molar-refractivity contribution in [2.45, 2.75) is 26.2 Å². The van der Waals surface area contributed by atoms with Gasteiger partial charge in [0.2, 0.25) is 0 Å². The Bertz CT molecular complexity index is 408. The first-order valence-corrected chi connectivity index (χ1v) is 7.14. The number of rotatable bonds is 3. The fourth-order valence-electron chi connectivity index (χ4n) is 2.58. The summed E-state index contributed by atoms with van der Waals surface area (Å²) in [5.41, 5.74) is 1.26. The predicted octanol–water partition coefficient (Wildman–Crippen LogP) is 2.55. The summed E-state index contributed by atoms with van der Waals surface area (Å²) >= 11 is 0. The first-order chi connectivity index (χ1) is 9.29. The Labute approximate surface area is 139 Å². The number of nitrogens with one attached hydrogen (secondary N) is 1. The third-order valence-electron chi connectivity index (χ3n) is 3.59. The summed E-state index contributed by atoms with van der Waals surface area (Å²) in [6.45, 7) is 5.46. The van der Waals surface area contributed by atoms with Gasteiger partial charge in [-0.15, -0.1) is 24.0 Å². The lowest BCUT2D eigenvalue weighted by molar-refractivity contribution is 0.266. The molecule has 0 aromatic carbocycles. The largest absolute Gasteiger partial charge is 0.356 e. The minimum atomic E-state index is 0. The zero-order valence-corrected chi connectivity index (χ0v) is 14.7. The molecule has 1 N–H and O–H groups in total. The van der Waals surface area contributed by atoms with E-state index in [1.165, 1.54) is 18.4 Å². The third kappa shape index (κ3) is 5.26. The van der Waals surface area contributed by atoms with Crippen molar-refractivity contribution < 1.29 is 0 Å². The monoisotopic (exact) mass is 388 g/mol. The molecule has 0 amide bonds. The van der Waals surface area contributed by atoms with Crippen LogP contribution in [-0.4, -0.2) is 42.5 Å². The van der Waals surface area contributed by atoms with E-state index in [9.17, 15) is 0 Å². The Morgan fingerprint density at radius 1 is 1.55 bits per heavy atom. The standard InChI is InChI=1S/C15H24N4.HI/c1-13-5-4-10-19(12-13)15(16-2)18-9-7-14-6-3-8-17-11-14;/h3,6,8,11,13H,4-5,7,9-10,12H2,1-2H3,(H,16,18);1H. The van der Waals surface area contributed by atoms with Crippen LogP contribution in [0.2, 0.25) is 0 Å². The van der Waals surface area contributed by atoms with E-state index in [-0.39, 0.29) is 24.0 Å². The van der Waals surface area contributed by atoms with Gasteiger partial charge in [-0.05, 0) is 36.8 Å². The van der Waals surface area contributed by atoms with E-state index >= 15 is 0 Å². The van der Waals surface area contributed by atoms with Gasteiger partial charge in [0.25, 0.3) is 0 Å². The molecule has 2 heterocycles. The van der Waals surface area contributed by atoms with Crippen LogP contribution in [0.4, 0.5) is 0 Å². The lowest BCUT2D eigenvalue weighted by atomic mass is 10.0. The van der Waals surface area contributed by atoms with E-state index in [0.29, 0.717) is 0 Å². The second-order valence-corrected chi connectivity index (χ2v) is 5.28. The maximum Gasteiger partial charge on any atom is 0.193 e. The molecule has 0 saturated carbocycles. The van der Waals surface area contributed by atoms with Crippen molar-refractivity contribution in [1.82, 2.24) is 15.2 Å². The number of halogens is 1. The molecule has 1 aromatic heterocycles. The van der Waals surface area contributed by atoms with Crippen molar-refractivity contribution in [3.05, 3.63) is 30.1 Å². The van der Waals surface area contributed by atoms with E-state index < -0.39 is 0 Å². The fraction of sp³-hybridized carbons (Fsp3) is 0.600. The second-order valence-electron chi connectivity index (χ2n) is 5.28. The van der Waals surface area contributed by atoms with Crippen LogP contribution in [0.5, 0.6) is 0 Å². The van der Waals surface area contributed by atoms with Crippen LogP contribution in [0.25, 0.3) is 0 Å². The van der Waals surface area contributed by atoms with E-state index in [4.69, 9.17) is 0 Å². The molecule has 1 saturated heterocycles. The number of guanidine groups is 1. The van der Waals surface area contributed by atoms with Crippen LogP contribution in [0.1, 0.15) is 25.3 Å². The number of hydrogen-bond donors (Lipinski definition) is 1. The minimum Gasteiger partial charge on any atom is -0.356 e. The average molecular weight is 388 g/mol. The van der Waals surface area contributed by atoms with Crippen LogP contribution in [0.3, 0.4) is 0 Å². The van der Waals surface area contributed by atoms with Gasteiger partial charge < -0.3 is 10.2 Å². The molecule has 5 heteroatoms. The summed E-state index contributed by atoms with van der Waals surface area (Å²) in [6.07, 6.45) is 7.32. The minimum absolute atomic E-state index is 0. The number of aromatic nitrogens is 1. The number of nitrogens with zero attached hydrogens (tertiary/aromatic N) is 3. The molecule has 1 aliphatic heterocycles. The number of aliphatic imine (C=N–C) groups is 1. The molecule has 112 valence electrons. The zero-order chi connectivity index (χ0) is 13.5. The van der Waals surface area contributed by atoms with Crippen LogP contribution in [-0.2, 0) is 6.42 Å². The number of likely N-dealkylation sites (tertiary alicyclic amines) is 1. The Hall–Kier alpha value is -0.850. The highest BCUT2D eigenvalue weighted by molar-refractivity contribution is 14.0. The molecule has 0 spiro atoms. The van der Waals surface area contributed by atoms with Gasteiger partial charge in [0, 0.05) is 39.1 Å². The van der Waals surface area contributed by atoms with Crippen molar-refractivity contribution >= 4 is 29.9 Å². The van der Waals surface area contributed by atoms with Gasteiger partial charge in [-0.1, -0.05) is 13.0 Å². The SMILES string of the molecule is CN=C(NCCc1cccnc1)N1CCCC(C)C1.I. The van der Waals surface area contributed by atoms with E-state index in [2.05, 4.69) is 33.2 Å². The zero-order valence-electron chi connectivity index (χ0n) is 12.4. The van der Waals surface area contributed by atoms with Gasteiger partial charge in [0.15, 0.2) is 5.96 Å². The molecule has 1 aromatic rings. The van der Waals surface area contributed by atoms with Crippen LogP contribution >= 0.6 is 24.0 Å². The molecule has 4 nitrogen and oxygen atoms in total. The predicted molar refractivity (Wildman–Crippen MR) is 94.7 cm³/mol. The summed E-state index contributed by atoms with van der Waals surface area (Å²) in [4.78, 5) is 10.9. The van der Waals surface area contributed by atoms with Gasteiger partial charge in [-0.25, -0.2) is 0 Å². The number of hydrogen-bond acceptors (Lipinski definition) is 2. The quantitative estimate of drug-likeness (QED) is 0.492. The Morgan fingerprint density at radius 2 is 2.40 bits per heavy atom. The maximum atomic E-state index is 4.39. The lowest BCUT2D eigenvalue weighted by Gasteiger charge is -2.33. The molecular formula is C15H25IN4. The highest BCUT2D eigenvalue weighted by Crippen LogP contribution is 2.15. The molecular weight excluding hydrogens is 363 g/mol. The van der Waals surface area contributed by atoms with Crippen molar-refractivity contribution in [3.8, 4) is 0 Å². The first-order valence-electron chi connectivity index (χ1n) is 7.14. The molecule has 1 fully saturated rings. The molecule has 1 unspecified atom stereocenters.